The zero-order chi connectivity index (χ0) is 19.2. The third-order valence-corrected chi connectivity index (χ3v) is 6.24. The summed E-state index contributed by atoms with van der Waals surface area (Å²) < 4.78 is 5.25. The lowest BCUT2D eigenvalue weighted by molar-refractivity contribution is -0.118. The number of amides is 1. The molecule has 1 fully saturated rings. The number of thioether (sulfide) groups is 1. The number of aromatic nitrogens is 2. The van der Waals surface area contributed by atoms with Crippen LogP contribution in [0.25, 0.3) is 10.9 Å². The first kappa shape index (κ1) is 19.0. The molecule has 1 N–H and O–H groups in total. The van der Waals surface area contributed by atoms with Gasteiger partial charge in [-0.15, -0.1) is 0 Å². The van der Waals surface area contributed by atoms with E-state index in [0.717, 1.165) is 46.3 Å². The fraction of sp³-hybridized carbons (Fsp3) is 0.409. The fourth-order valence-corrected chi connectivity index (χ4v) is 4.60. The standard InChI is InChI=1S/C22H25N3O2S/c26-21(23-14-17-8-5-13-27-17)15-28-22-18-9-3-4-10-19(18)24-20(25-22)12-11-16-6-1-2-7-16/h3-5,8-10,13,16H,1-2,6-7,11-12,14-15H2,(H,23,26). The minimum atomic E-state index is -0.0309. The van der Waals surface area contributed by atoms with Crippen LogP contribution in [-0.4, -0.2) is 21.6 Å². The molecule has 2 aromatic heterocycles. The van der Waals surface area contributed by atoms with Gasteiger partial charge < -0.3 is 9.73 Å². The van der Waals surface area contributed by atoms with E-state index in [9.17, 15) is 4.79 Å². The Balaban J connectivity index is 1.41. The fourth-order valence-electron chi connectivity index (χ4n) is 3.73. The van der Waals surface area contributed by atoms with E-state index in [4.69, 9.17) is 14.4 Å². The van der Waals surface area contributed by atoms with Gasteiger partial charge in [0.05, 0.1) is 24.1 Å². The predicted molar refractivity (Wildman–Crippen MR) is 111 cm³/mol. The number of rotatable bonds is 8. The minimum Gasteiger partial charge on any atom is -0.467 e. The van der Waals surface area contributed by atoms with Crippen LogP contribution in [0, 0.1) is 5.92 Å². The maximum absolute atomic E-state index is 12.2. The van der Waals surface area contributed by atoms with Gasteiger partial charge in [-0.2, -0.15) is 0 Å². The van der Waals surface area contributed by atoms with Crippen molar-refractivity contribution in [3.8, 4) is 0 Å². The van der Waals surface area contributed by atoms with E-state index in [0.29, 0.717) is 12.3 Å². The zero-order valence-electron chi connectivity index (χ0n) is 15.9. The third-order valence-electron chi connectivity index (χ3n) is 5.25. The number of nitrogens with one attached hydrogen (secondary N) is 1. The van der Waals surface area contributed by atoms with Crippen LogP contribution in [0.2, 0.25) is 0 Å². The molecule has 146 valence electrons. The second-order valence-corrected chi connectivity index (χ2v) is 8.26. The summed E-state index contributed by atoms with van der Waals surface area (Å²) in [4.78, 5) is 21.8. The number of para-hydroxylation sites is 1. The molecule has 0 aliphatic heterocycles. The highest BCUT2D eigenvalue weighted by Crippen LogP contribution is 2.30. The smallest absolute Gasteiger partial charge is 0.230 e. The molecular weight excluding hydrogens is 370 g/mol. The van der Waals surface area contributed by atoms with E-state index in [1.165, 1.54) is 37.4 Å². The molecule has 1 saturated carbocycles. The molecule has 5 nitrogen and oxygen atoms in total. The Morgan fingerprint density at radius 3 is 2.82 bits per heavy atom. The van der Waals surface area contributed by atoms with Crippen molar-refractivity contribution in [1.82, 2.24) is 15.3 Å². The Morgan fingerprint density at radius 2 is 2.00 bits per heavy atom. The van der Waals surface area contributed by atoms with Gasteiger partial charge in [0.1, 0.15) is 16.6 Å². The summed E-state index contributed by atoms with van der Waals surface area (Å²) in [5.41, 5.74) is 0.956. The summed E-state index contributed by atoms with van der Waals surface area (Å²) in [6, 6.07) is 11.7. The van der Waals surface area contributed by atoms with E-state index in [2.05, 4.69) is 5.32 Å². The number of carbonyl (C=O) groups excluding carboxylic acids is 1. The number of furan rings is 1. The van der Waals surface area contributed by atoms with Gasteiger partial charge in [-0.05, 0) is 30.5 Å². The number of aryl methyl sites for hydroxylation is 1. The summed E-state index contributed by atoms with van der Waals surface area (Å²) >= 11 is 1.47. The van der Waals surface area contributed by atoms with Crippen LogP contribution in [0.3, 0.4) is 0 Å². The molecule has 28 heavy (non-hydrogen) atoms. The van der Waals surface area contributed by atoms with Crippen molar-refractivity contribution in [3.05, 3.63) is 54.2 Å². The van der Waals surface area contributed by atoms with Gasteiger partial charge >= 0.3 is 0 Å². The SMILES string of the molecule is O=C(CSc1nc(CCC2CCCC2)nc2ccccc12)NCc1ccco1. The lowest BCUT2D eigenvalue weighted by Crippen LogP contribution is -2.24. The first-order valence-electron chi connectivity index (χ1n) is 9.95. The van der Waals surface area contributed by atoms with E-state index in [1.807, 2.05) is 36.4 Å². The molecule has 4 rings (SSSR count). The number of fused-ring (bicyclic) bond motifs is 1. The van der Waals surface area contributed by atoms with Crippen LogP contribution in [0.15, 0.2) is 52.1 Å². The number of hydrogen-bond acceptors (Lipinski definition) is 5. The second-order valence-electron chi connectivity index (χ2n) is 7.30. The molecule has 1 aromatic carbocycles. The molecule has 1 aliphatic rings. The molecular formula is C22H25N3O2S. The van der Waals surface area contributed by atoms with Crippen LogP contribution < -0.4 is 5.32 Å². The minimum absolute atomic E-state index is 0.0309. The molecule has 0 bridgehead atoms. The normalized spacial score (nSPS) is 14.6. The van der Waals surface area contributed by atoms with Crippen LogP contribution in [0.4, 0.5) is 0 Å². The van der Waals surface area contributed by atoms with Crippen LogP contribution in [-0.2, 0) is 17.8 Å². The summed E-state index contributed by atoms with van der Waals surface area (Å²) in [6.45, 7) is 0.406. The molecule has 0 unspecified atom stereocenters. The molecule has 1 aliphatic carbocycles. The van der Waals surface area contributed by atoms with Gasteiger partial charge in [0.25, 0.3) is 0 Å². The number of hydrogen-bond donors (Lipinski definition) is 1. The summed E-state index contributed by atoms with van der Waals surface area (Å²) in [7, 11) is 0. The van der Waals surface area contributed by atoms with Gasteiger partial charge in [0.15, 0.2) is 0 Å². The zero-order valence-corrected chi connectivity index (χ0v) is 16.7. The first-order valence-corrected chi connectivity index (χ1v) is 10.9. The van der Waals surface area contributed by atoms with E-state index >= 15 is 0 Å². The van der Waals surface area contributed by atoms with Crippen molar-refractivity contribution in [2.45, 2.75) is 50.1 Å². The van der Waals surface area contributed by atoms with Crippen molar-refractivity contribution in [3.63, 3.8) is 0 Å². The van der Waals surface area contributed by atoms with Crippen molar-refractivity contribution < 1.29 is 9.21 Å². The van der Waals surface area contributed by atoms with Gasteiger partial charge in [-0.1, -0.05) is 55.6 Å². The molecule has 0 saturated heterocycles. The maximum atomic E-state index is 12.2. The molecule has 6 heteroatoms. The molecule has 0 spiro atoms. The maximum Gasteiger partial charge on any atom is 0.230 e. The van der Waals surface area contributed by atoms with Crippen LogP contribution >= 0.6 is 11.8 Å². The Kier molecular flexibility index (Phi) is 6.27. The Morgan fingerprint density at radius 1 is 1.14 bits per heavy atom. The highest BCUT2D eigenvalue weighted by atomic mass is 32.2. The number of nitrogens with zero attached hydrogens (tertiary/aromatic N) is 2. The topological polar surface area (TPSA) is 68.0 Å². The van der Waals surface area contributed by atoms with Crippen molar-refractivity contribution in [2.24, 2.45) is 5.92 Å². The molecule has 1 amide bonds. The van der Waals surface area contributed by atoms with Gasteiger partial charge in [-0.3, -0.25) is 4.79 Å². The summed E-state index contributed by atoms with van der Waals surface area (Å²) in [5.74, 6) is 2.75. The predicted octanol–water partition coefficient (Wildman–Crippen LogP) is 4.75. The number of carbonyl (C=O) groups is 1. The Labute approximate surface area is 169 Å². The average molecular weight is 396 g/mol. The highest BCUT2D eigenvalue weighted by Gasteiger charge is 2.16. The van der Waals surface area contributed by atoms with Gasteiger partial charge in [0.2, 0.25) is 5.91 Å². The van der Waals surface area contributed by atoms with Crippen LogP contribution in [0.5, 0.6) is 0 Å². The summed E-state index contributed by atoms with van der Waals surface area (Å²) in [6.07, 6.45) is 9.07. The van der Waals surface area contributed by atoms with E-state index in [1.54, 1.807) is 6.26 Å². The monoisotopic (exact) mass is 395 g/mol. The molecule has 0 radical (unpaired) electrons. The third kappa shape index (κ3) is 4.93. The van der Waals surface area contributed by atoms with Gasteiger partial charge in [0, 0.05) is 11.8 Å². The number of benzene rings is 1. The lowest BCUT2D eigenvalue weighted by Gasteiger charge is -2.11. The quantitative estimate of drug-likeness (QED) is 0.440. The lowest BCUT2D eigenvalue weighted by atomic mass is 10.0. The molecule has 0 atom stereocenters. The Hall–Kier alpha value is -2.34. The van der Waals surface area contributed by atoms with Crippen LogP contribution in [0.1, 0.15) is 43.7 Å². The molecule has 3 aromatic rings. The highest BCUT2D eigenvalue weighted by molar-refractivity contribution is 8.00. The largest absolute Gasteiger partial charge is 0.467 e. The van der Waals surface area contributed by atoms with E-state index < -0.39 is 0 Å². The molecule has 2 heterocycles. The van der Waals surface area contributed by atoms with Crippen molar-refractivity contribution in [2.75, 3.05) is 5.75 Å². The average Bonchev–Trinajstić information content (AvgIpc) is 3.43. The van der Waals surface area contributed by atoms with E-state index in [-0.39, 0.29) is 5.91 Å². The Bertz CT molecular complexity index is 921. The van der Waals surface area contributed by atoms with Crippen molar-refractivity contribution >= 4 is 28.6 Å². The van der Waals surface area contributed by atoms with Crippen molar-refractivity contribution in [1.29, 1.82) is 0 Å². The first-order chi connectivity index (χ1) is 13.8. The van der Waals surface area contributed by atoms with Gasteiger partial charge in [-0.25, -0.2) is 9.97 Å². The summed E-state index contributed by atoms with van der Waals surface area (Å²) in [5, 5.41) is 4.78. The second kappa shape index (κ2) is 9.24.